The Labute approximate surface area is 128 Å². The maximum Gasteiger partial charge on any atom is 0.229 e. The third-order valence-electron chi connectivity index (χ3n) is 3.43. The van der Waals surface area contributed by atoms with Crippen LogP contribution in [0, 0.1) is 0 Å². The normalized spacial score (nSPS) is 13.6. The average molecular weight is 298 g/mol. The number of primary amides is 1. The molecule has 22 heavy (non-hydrogen) atoms. The number of hydrogen-bond acceptors (Lipinski definition) is 6. The van der Waals surface area contributed by atoms with Crippen LogP contribution >= 0.6 is 0 Å². The summed E-state index contributed by atoms with van der Waals surface area (Å²) in [5.74, 6) is 1.48. The van der Waals surface area contributed by atoms with Crippen molar-refractivity contribution < 1.29 is 4.79 Å². The number of anilines is 3. The van der Waals surface area contributed by atoms with Gasteiger partial charge >= 0.3 is 0 Å². The Bertz CT molecular complexity index is 656. The second-order valence-electron chi connectivity index (χ2n) is 5.28. The van der Waals surface area contributed by atoms with Gasteiger partial charge in [0.15, 0.2) is 0 Å². The van der Waals surface area contributed by atoms with E-state index in [0.717, 1.165) is 29.9 Å². The standard InChI is InChI=1S/C15H18N6O/c16-13(22)5-8-18-14-12(10-1-2-10)9-19-15(21-14)20-11-3-6-17-7-4-11/h3-4,6-7,9-10H,1-2,5,8H2,(H2,16,22)(H2,17,18,19,20,21). The minimum absolute atomic E-state index is 0.279. The van der Waals surface area contributed by atoms with E-state index in [4.69, 9.17) is 5.73 Å². The number of nitrogens with two attached hydrogens (primary N) is 1. The number of nitrogens with one attached hydrogen (secondary N) is 2. The summed E-state index contributed by atoms with van der Waals surface area (Å²) in [4.78, 5) is 23.7. The molecule has 1 aliphatic rings. The molecule has 1 fully saturated rings. The van der Waals surface area contributed by atoms with Gasteiger partial charge in [-0.05, 0) is 30.9 Å². The minimum atomic E-state index is -0.329. The van der Waals surface area contributed by atoms with Gasteiger partial charge in [-0.1, -0.05) is 0 Å². The zero-order chi connectivity index (χ0) is 15.4. The van der Waals surface area contributed by atoms with Crippen LogP contribution in [0.15, 0.2) is 30.7 Å². The highest BCUT2D eigenvalue weighted by atomic mass is 16.1. The first-order valence-corrected chi connectivity index (χ1v) is 7.28. The van der Waals surface area contributed by atoms with Gasteiger partial charge in [0, 0.05) is 42.8 Å². The summed E-state index contributed by atoms with van der Waals surface area (Å²) >= 11 is 0. The molecule has 0 saturated heterocycles. The van der Waals surface area contributed by atoms with E-state index in [-0.39, 0.29) is 12.3 Å². The van der Waals surface area contributed by atoms with Gasteiger partial charge in [0.25, 0.3) is 0 Å². The van der Waals surface area contributed by atoms with Gasteiger partial charge in [-0.2, -0.15) is 4.98 Å². The number of amides is 1. The summed E-state index contributed by atoms with van der Waals surface area (Å²) in [6, 6.07) is 3.69. The van der Waals surface area contributed by atoms with E-state index in [0.29, 0.717) is 18.4 Å². The van der Waals surface area contributed by atoms with E-state index < -0.39 is 0 Å². The SMILES string of the molecule is NC(=O)CCNc1nc(Nc2ccncc2)ncc1C1CC1. The molecule has 114 valence electrons. The van der Waals surface area contributed by atoms with Gasteiger partial charge in [0.2, 0.25) is 11.9 Å². The first-order valence-electron chi connectivity index (χ1n) is 7.28. The van der Waals surface area contributed by atoms with Crippen LogP contribution in [-0.4, -0.2) is 27.4 Å². The molecule has 0 aromatic carbocycles. The van der Waals surface area contributed by atoms with Crippen LogP contribution in [-0.2, 0) is 4.79 Å². The highest BCUT2D eigenvalue weighted by Crippen LogP contribution is 2.42. The molecule has 1 amide bonds. The fraction of sp³-hybridized carbons (Fsp3) is 0.333. The van der Waals surface area contributed by atoms with Crippen molar-refractivity contribution in [1.82, 2.24) is 15.0 Å². The number of carbonyl (C=O) groups is 1. The quantitative estimate of drug-likeness (QED) is 0.719. The molecular weight excluding hydrogens is 280 g/mol. The van der Waals surface area contributed by atoms with Crippen LogP contribution in [0.2, 0.25) is 0 Å². The molecule has 2 aromatic rings. The van der Waals surface area contributed by atoms with Crippen molar-refractivity contribution in [3.63, 3.8) is 0 Å². The van der Waals surface area contributed by atoms with Crippen LogP contribution < -0.4 is 16.4 Å². The van der Waals surface area contributed by atoms with E-state index in [1.54, 1.807) is 12.4 Å². The molecule has 0 aliphatic heterocycles. The molecule has 0 spiro atoms. The number of rotatable bonds is 7. The largest absolute Gasteiger partial charge is 0.370 e. The van der Waals surface area contributed by atoms with Crippen molar-refractivity contribution in [2.24, 2.45) is 5.73 Å². The summed E-state index contributed by atoms with van der Waals surface area (Å²) in [7, 11) is 0. The Morgan fingerprint density at radius 3 is 2.77 bits per heavy atom. The lowest BCUT2D eigenvalue weighted by Gasteiger charge is -2.12. The predicted molar refractivity (Wildman–Crippen MR) is 83.8 cm³/mol. The monoisotopic (exact) mass is 298 g/mol. The molecule has 0 bridgehead atoms. The van der Waals surface area contributed by atoms with Gasteiger partial charge in [-0.3, -0.25) is 9.78 Å². The maximum atomic E-state index is 10.9. The Morgan fingerprint density at radius 1 is 1.32 bits per heavy atom. The fourth-order valence-electron chi connectivity index (χ4n) is 2.15. The van der Waals surface area contributed by atoms with E-state index in [2.05, 4.69) is 25.6 Å². The van der Waals surface area contributed by atoms with Gasteiger partial charge < -0.3 is 16.4 Å². The number of carbonyl (C=O) groups excluding carboxylic acids is 1. The minimum Gasteiger partial charge on any atom is -0.370 e. The lowest BCUT2D eigenvalue weighted by atomic mass is 10.2. The molecule has 2 heterocycles. The summed E-state index contributed by atoms with van der Waals surface area (Å²) in [5.41, 5.74) is 7.14. The molecule has 7 nitrogen and oxygen atoms in total. The second kappa shape index (κ2) is 6.38. The van der Waals surface area contributed by atoms with Crippen LogP contribution in [0.3, 0.4) is 0 Å². The average Bonchev–Trinajstić information content (AvgIpc) is 3.33. The zero-order valence-electron chi connectivity index (χ0n) is 12.1. The molecule has 4 N–H and O–H groups in total. The highest BCUT2D eigenvalue weighted by Gasteiger charge is 2.27. The number of aromatic nitrogens is 3. The Hall–Kier alpha value is -2.70. The number of nitrogens with zero attached hydrogens (tertiary/aromatic N) is 3. The first-order chi connectivity index (χ1) is 10.7. The molecule has 1 aliphatic carbocycles. The third kappa shape index (κ3) is 3.69. The lowest BCUT2D eigenvalue weighted by Crippen LogP contribution is -2.17. The van der Waals surface area contributed by atoms with Crippen LogP contribution in [0.4, 0.5) is 17.5 Å². The van der Waals surface area contributed by atoms with E-state index in [1.807, 2.05) is 18.3 Å². The van der Waals surface area contributed by atoms with Crippen molar-refractivity contribution in [2.75, 3.05) is 17.2 Å². The predicted octanol–water partition coefficient (Wildman–Crippen LogP) is 1.78. The van der Waals surface area contributed by atoms with Gasteiger partial charge in [-0.15, -0.1) is 0 Å². The lowest BCUT2D eigenvalue weighted by molar-refractivity contribution is -0.117. The molecule has 0 unspecified atom stereocenters. The number of hydrogen-bond donors (Lipinski definition) is 3. The highest BCUT2D eigenvalue weighted by molar-refractivity contribution is 5.74. The first kappa shape index (κ1) is 14.2. The molecule has 2 aromatic heterocycles. The topological polar surface area (TPSA) is 106 Å². The Kier molecular flexibility index (Phi) is 4.13. The summed E-state index contributed by atoms with van der Waals surface area (Å²) in [5, 5.41) is 6.32. The molecular formula is C15H18N6O. The Balaban J connectivity index is 1.75. The fourth-order valence-corrected chi connectivity index (χ4v) is 2.15. The molecule has 3 rings (SSSR count). The van der Waals surface area contributed by atoms with Gasteiger partial charge in [-0.25, -0.2) is 4.98 Å². The molecule has 0 radical (unpaired) electrons. The summed E-state index contributed by atoms with van der Waals surface area (Å²) in [6.07, 6.45) is 7.85. The van der Waals surface area contributed by atoms with Crippen LogP contribution in [0.1, 0.15) is 30.7 Å². The number of pyridine rings is 1. The Morgan fingerprint density at radius 2 is 2.09 bits per heavy atom. The second-order valence-corrected chi connectivity index (χ2v) is 5.28. The van der Waals surface area contributed by atoms with Crippen LogP contribution in [0.5, 0.6) is 0 Å². The van der Waals surface area contributed by atoms with Gasteiger partial charge in [0.05, 0.1) is 0 Å². The van der Waals surface area contributed by atoms with E-state index >= 15 is 0 Å². The smallest absolute Gasteiger partial charge is 0.229 e. The van der Waals surface area contributed by atoms with Crippen molar-refractivity contribution in [1.29, 1.82) is 0 Å². The molecule has 7 heteroatoms. The van der Waals surface area contributed by atoms with E-state index in [1.165, 1.54) is 0 Å². The maximum absolute atomic E-state index is 10.9. The summed E-state index contributed by atoms with van der Waals surface area (Å²) < 4.78 is 0. The molecule has 1 saturated carbocycles. The zero-order valence-corrected chi connectivity index (χ0v) is 12.1. The third-order valence-corrected chi connectivity index (χ3v) is 3.43. The molecule has 0 atom stereocenters. The van der Waals surface area contributed by atoms with E-state index in [9.17, 15) is 4.79 Å². The van der Waals surface area contributed by atoms with Gasteiger partial charge in [0.1, 0.15) is 5.82 Å². The van der Waals surface area contributed by atoms with Crippen molar-refractivity contribution >= 4 is 23.4 Å². The van der Waals surface area contributed by atoms with Crippen LogP contribution in [0.25, 0.3) is 0 Å². The van der Waals surface area contributed by atoms with Crippen molar-refractivity contribution in [3.05, 3.63) is 36.3 Å². The summed E-state index contributed by atoms with van der Waals surface area (Å²) in [6.45, 7) is 0.473. The van der Waals surface area contributed by atoms with Crippen molar-refractivity contribution in [2.45, 2.75) is 25.2 Å². The van der Waals surface area contributed by atoms with Crippen molar-refractivity contribution in [3.8, 4) is 0 Å².